The number of benzene rings is 1. The normalized spacial score (nSPS) is 23.8. The monoisotopic (exact) mass is 450 g/mol. The smallest absolute Gasteiger partial charge is 0.289 e. The second kappa shape index (κ2) is 7.62. The third kappa shape index (κ3) is 4.26. The van der Waals surface area contributed by atoms with Crippen molar-refractivity contribution in [2.45, 2.75) is 26.3 Å². The van der Waals surface area contributed by atoms with Crippen LogP contribution in [0.1, 0.15) is 29.4 Å². The van der Waals surface area contributed by atoms with Gasteiger partial charge < -0.3 is 5.32 Å². The van der Waals surface area contributed by atoms with Gasteiger partial charge in [0.25, 0.3) is 5.24 Å². The maximum atomic E-state index is 12.0. The number of nitrogens with zero attached hydrogens (tertiary/aromatic N) is 3. The van der Waals surface area contributed by atoms with Crippen molar-refractivity contribution in [1.82, 2.24) is 15.1 Å². The number of carbonyl (C=O) groups excluding carboxylic acids is 1. The number of thioether (sulfide) groups is 1. The molecule has 1 amide bonds. The second-order valence-electron chi connectivity index (χ2n) is 7.05. The number of nitrogens with one attached hydrogen (secondary N) is 1. The predicted molar refractivity (Wildman–Crippen MR) is 117 cm³/mol. The number of carbonyl (C=O) groups is 1. The summed E-state index contributed by atoms with van der Waals surface area (Å²) in [6.07, 6.45) is 2.44. The molecular formula is C19H19ClN4O3S2. The first-order chi connectivity index (χ1) is 13.7. The minimum absolute atomic E-state index is 0.112. The molecule has 0 spiro atoms. The zero-order chi connectivity index (χ0) is 20.8. The number of amidine groups is 1. The molecule has 0 bridgehead atoms. The number of sulfone groups is 1. The topological polar surface area (TPSA) is 93.4 Å². The molecule has 2 aromatic rings. The minimum atomic E-state index is -3.01. The Morgan fingerprint density at radius 3 is 2.86 bits per heavy atom. The van der Waals surface area contributed by atoms with E-state index < -0.39 is 9.84 Å². The number of halogens is 1. The van der Waals surface area contributed by atoms with E-state index in [1.807, 2.05) is 19.9 Å². The summed E-state index contributed by atoms with van der Waals surface area (Å²) in [5, 5.41) is 7.69. The summed E-state index contributed by atoms with van der Waals surface area (Å²) in [5.41, 5.74) is 3.16. The lowest BCUT2D eigenvalue weighted by molar-refractivity contribution is 0.265. The lowest BCUT2D eigenvalue weighted by Gasteiger charge is -2.11. The molecule has 1 atom stereocenters. The molecule has 29 heavy (non-hydrogen) atoms. The van der Waals surface area contributed by atoms with E-state index in [-0.39, 0.29) is 22.8 Å². The summed E-state index contributed by atoms with van der Waals surface area (Å²) < 4.78 is 25.5. The highest BCUT2D eigenvalue weighted by Crippen LogP contribution is 2.32. The third-order valence-corrected chi connectivity index (χ3v) is 7.72. The van der Waals surface area contributed by atoms with Gasteiger partial charge in [-0.2, -0.15) is 5.10 Å². The van der Waals surface area contributed by atoms with Crippen molar-refractivity contribution < 1.29 is 13.2 Å². The number of hydrogen-bond acceptors (Lipinski definition) is 6. The van der Waals surface area contributed by atoms with Crippen LogP contribution in [0.3, 0.4) is 0 Å². The third-order valence-electron chi connectivity index (χ3n) is 4.92. The molecule has 1 aromatic carbocycles. The van der Waals surface area contributed by atoms with Crippen LogP contribution in [0.5, 0.6) is 0 Å². The number of amides is 1. The van der Waals surface area contributed by atoms with Crippen LogP contribution in [0.25, 0.3) is 6.08 Å². The van der Waals surface area contributed by atoms with Gasteiger partial charge in [0.2, 0.25) is 0 Å². The fourth-order valence-electron chi connectivity index (χ4n) is 3.53. The molecule has 1 unspecified atom stereocenters. The Morgan fingerprint density at radius 2 is 2.17 bits per heavy atom. The molecule has 2 fully saturated rings. The summed E-state index contributed by atoms with van der Waals surface area (Å²) in [4.78, 5) is 17.2. The Balaban J connectivity index is 1.70. The fraction of sp³-hybridized carbons (Fsp3) is 0.316. The van der Waals surface area contributed by atoms with E-state index in [2.05, 4.69) is 15.4 Å². The Bertz CT molecular complexity index is 1170. The summed E-state index contributed by atoms with van der Waals surface area (Å²) >= 11 is 7.09. The van der Waals surface area contributed by atoms with Crippen LogP contribution in [0, 0.1) is 13.8 Å². The van der Waals surface area contributed by atoms with Crippen molar-refractivity contribution in [3.8, 4) is 0 Å². The second-order valence-corrected chi connectivity index (χ2v) is 10.7. The lowest BCUT2D eigenvalue weighted by Crippen LogP contribution is -2.18. The summed E-state index contributed by atoms with van der Waals surface area (Å²) in [5.74, 6) is 0.760. The lowest BCUT2D eigenvalue weighted by atomic mass is 10.1. The first-order valence-corrected chi connectivity index (χ1v) is 12.0. The number of aryl methyl sites for hydroxylation is 1. The SMILES string of the molecule is Cc1nn(C2CCS(=O)(=O)C2)c(C)c1C=C1SC(=O)NC1=Nc1cccc(Cl)c1. The molecular weight excluding hydrogens is 432 g/mol. The highest BCUT2D eigenvalue weighted by molar-refractivity contribution is 8.18. The first kappa shape index (κ1) is 20.2. The quantitative estimate of drug-likeness (QED) is 0.761. The molecule has 2 saturated heterocycles. The summed E-state index contributed by atoms with van der Waals surface area (Å²) in [7, 11) is -3.01. The molecule has 1 aromatic heterocycles. The van der Waals surface area contributed by atoms with Gasteiger partial charge in [0.1, 0.15) is 5.84 Å². The van der Waals surface area contributed by atoms with Gasteiger partial charge in [-0.1, -0.05) is 17.7 Å². The van der Waals surface area contributed by atoms with E-state index in [0.717, 1.165) is 28.7 Å². The molecule has 0 aliphatic carbocycles. The highest BCUT2D eigenvalue weighted by Gasteiger charge is 2.32. The van der Waals surface area contributed by atoms with Gasteiger partial charge in [-0.3, -0.25) is 9.48 Å². The van der Waals surface area contributed by atoms with E-state index >= 15 is 0 Å². The predicted octanol–water partition coefficient (Wildman–Crippen LogP) is 4.04. The standard InChI is InChI=1S/C19H19ClN4O3S2/c1-11-16(12(2)24(23-11)15-6-7-29(26,27)10-15)9-17-18(22-19(25)28-17)21-14-5-3-4-13(20)8-14/h3-5,8-9,15H,6-7,10H2,1-2H3,(H,21,22,25). The van der Waals surface area contributed by atoms with Crippen molar-refractivity contribution in [2.24, 2.45) is 4.99 Å². The van der Waals surface area contributed by atoms with Crippen molar-refractivity contribution in [3.05, 3.63) is 51.1 Å². The van der Waals surface area contributed by atoms with E-state index in [4.69, 9.17) is 11.6 Å². The molecule has 2 aliphatic heterocycles. The zero-order valence-electron chi connectivity index (χ0n) is 15.8. The number of rotatable bonds is 3. The van der Waals surface area contributed by atoms with Crippen LogP contribution < -0.4 is 5.32 Å². The molecule has 3 heterocycles. The highest BCUT2D eigenvalue weighted by atomic mass is 35.5. The van der Waals surface area contributed by atoms with Crippen LogP contribution in [0.15, 0.2) is 34.2 Å². The summed E-state index contributed by atoms with van der Waals surface area (Å²) in [6.45, 7) is 3.79. The Labute approximate surface area is 178 Å². The van der Waals surface area contributed by atoms with Crippen LogP contribution in [-0.4, -0.2) is 40.8 Å². The molecule has 0 saturated carbocycles. The van der Waals surface area contributed by atoms with Crippen LogP contribution >= 0.6 is 23.4 Å². The van der Waals surface area contributed by atoms with Gasteiger partial charge in [0.15, 0.2) is 9.84 Å². The Hall–Kier alpha value is -2.10. The molecule has 7 nitrogen and oxygen atoms in total. The minimum Gasteiger partial charge on any atom is -0.300 e. The Kier molecular flexibility index (Phi) is 5.30. The van der Waals surface area contributed by atoms with E-state index in [1.54, 1.807) is 28.9 Å². The van der Waals surface area contributed by atoms with Gasteiger partial charge in [0.05, 0.1) is 33.8 Å². The molecule has 152 valence electrons. The fourth-order valence-corrected chi connectivity index (χ4v) is 6.12. The van der Waals surface area contributed by atoms with Gasteiger partial charge in [0, 0.05) is 16.3 Å². The average molecular weight is 451 g/mol. The van der Waals surface area contributed by atoms with Gasteiger partial charge in [-0.25, -0.2) is 13.4 Å². The van der Waals surface area contributed by atoms with Crippen molar-refractivity contribution in [3.63, 3.8) is 0 Å². The maximum Gasteiger partial charge on any atom is 0.289 e. The van der Waals surface area contributed by atoms with Crippen molar-refractivity contribution in [2.75, 3.05) is 11.5 Å². The first-order valence-electron chi connectivity index (χ1n) is 9.03. The number of hydrogen-bond donors (Lipinski definition) is 1. The van der Waals surface area contributed by atoms with Crippen LogP contribution in [0.4, 0.5) is 10.5 Å². The number of aromatic nitrogens is 2. The van der Waals surface area contributed by atoms with Crippen molar-refractivity contribution in [1.29, 1.82) is 0 Å². The van der Waals surface area contributed by atoms with E-state index in [0.29, 0.717) is 27.9 Å². The maximum absolute atomic E-state index is 12.0. The van der Waals surface area contributed by atoms with Gasteiger partial charge >= 0.3 is 0 Å². The zero-order valence-corrected chi connectivity index (χ0v) is 18.2. The molecule has 10 heteroatoms. The molecule has 4 rings (SSSR count). The molecule has 2 aliphatic rings. The number of aliphatic imine (C=N–C) groups is 1. The average Bonchev–Trinajstić information content (AvgIpc) is 3.26. The Morgan fingerprint density at radius 1 is 1.38 bits per heavy atom. The van der Waals surface area contributed by atoms with Gasteiger partial charge in [-0.15, -0.1) is 0 Å². The molecule has 1 N–H and O–H groups in total. The summed E-state index contributed by atoms with van der Waals surface area (Å²) in [6, 6.07) is 6.93. The van der Waals surface area contributed by atoms with Crippen LogP contribution in [-0.2, 0) is 9.84 Å². The van der Waals surface area contributed by atoms with Crippen molar-refractivity contribution >= 4 is 56.0 Å². The molecule has 0 radical (unpaired) electrons. The van der Waals surface area contributed by atoms with E-state index in [9.17, 15) is 13.2 Å². The van der Waals surface area contributed by atoms with Crippen LogP contribution in [0.2, 0.25) is 5.02 Å². The largest absolute Gasteiger partial charge is 0.300 e. The van der Waals surface area contributed by atoms with E-state index in [1.165, 1.54) is 0 Å². The van der Waals surface area contributed by atoms with Gasteiger partial charge in [-0.05, 0) is 56.3 Å².